The standard InChI is InChI=1S/C5H9NO4/c7-3-1-4(5(8)9)6(10)2-3/h3-4,6-7H,1-2H2,(H,8,9)/t3?,4-/m0/s1. The summed E-state index contributed by atoms with van der Waals surface area (Å²) in [4.78, 5) is 10.2. The molecule has 0 aromatic carbocycles. The molecule has 0 saturated carbocycles. The predicted octanol–water partition coefficient (Wildman–Crippen LogP) is -2.41. The van der Waals surface area contributed by atoms with Crippen LogP contribution in [0.2, 0.25) is 0 Å². The fourth-order valence-corrected chi connectivity index (χ4v) is 1.10. The number of aliphatic hydroxyl groups is 1. The topological polar surface area (TPSA) is 85.0 Å². The second kappa shape index (κ2) is 2.53. The van der Waals surface area contributed by atoms with E-state index in [4.69, 9.17) is 10.2 Å². The Bertz CT molecular complexity index is 149. The summed E-state index contributed by atoms with van der Waals surface area (Å²) in [5.41, 5.74) is 0. The second-order valence-electron chi connectivity index (χ2n) is 2.45. The number of carboxylic acid groups (broad SMARTS) is 1. The van der Waals surface area contributed by atoms with Crippen LogP contribution in [0.3, 0.4) is 0 Å². The zero-order valence-electron chi connectivity index (χ0n) is 5.28. The second-order valence-corrected chi connectivity index (χ2v) is 2.45. The minimum atomic E-state index is -1.12. The number of carboxylic acids is 1. The van der Waals surface area contributed by atoms with Gasteiger partial charge in [0.15, 0.2) is 6.04 Å². The summed E-state index contributed by atoms with van der Waals surface area (Å²) in [6.45, 7) is -0.00301. The molecule has 0 spiro atoms. The Morgan fingerprint density at radius 1 is 1.70 bits per heavy atom. The first kappa shape index (κ1) is 7.46. The molecule has 3 N–H and O–H groups in total. The third kappa shape index (κ3) is 1.26. The molecule has 1 aliphatic rings. The van der Waals surface area contributed by atoms with E-state index in [2.05, 4.69) is 0 Å². The van der Waals surface area contributed by atoms with Crippen LogP contribution < -0.4 is 5.06 Å². The van der Waals surface area contributed by atoms with Crippen molar-refractivity contribution >= 4 is 5.97 Å². The van der Waals surface area contributed by atoms with Crippen LogP contribution in [0.1, 0.15) is 6.42 Å². The van der Waals surface area contributed by atoms with Crippen LogP contribution in [0.4, 0.5) is 0 Å². The summed E-state index contributed by atoms with van der Waals surface area (Å²) >= 11 is 0. The summed E-state index contributed by atoms with van der Waals surface area (Å²) < 4.78 is 0. The third-order valence-electron chi connectivity index (χ3n) is 1.63. The van der Waals surface area contributed by atoms with Gasteiger partial charge in [0.05, 0.1) is 0 Å². The average molecular weight is 147 g/mol. The lowest BCUT2D eigenvalue weighted by Gasteiger charge is -2.19. The maximum absolute atomic E-state index is 10.7. The van der Waals surface area contributed by atoms with E-state index in [1.54, 1.807) is 0 Å². The van der Waals surface area contributed by atoms with Crippen molar-refractivity contribution in [2.75, 3.05) is 6.54 Å². The van der Waals surface area contributed by atoms with Gasteiger partial charge < -0.3 is 20.5 Å². The van der Waals surface area contributed by atoms with Gasteiger partial charge in [0.2, 0.25) is 0 Å². The molecule has 58 valence electrons. The first-order valence-corrected chi connectivity index (χ1v) is 3.05. The van der Waals surface area contributed by atoms with E-state index in [9.17, 15) is 10.0 Å². The summed E-state index contributed by atoms with van der Waals surface area (Å²) in [5, 5.41) is 27.5. The largest absolute Gasteiger partial charge is 0.634 e. The van der Waals surface area contributed by atoms with Crippen molar-refractivity contribution in [2.45, 2.75) is 18.6 Å². The highest BCUT2D eigenvalue weighted by Gasteiger charge is 2.35. The zero-order valence-corrected chi connectivity index (χ0v) is 5.28. The fourth-order valence-electron chi connectivity index (χ4n) is 1.10. The Kier molecular flexibility index (Phi) is 1.89. The van der Waals surface area contributed by atoms with Crippen molar-refractivity contribution in [3.8, 4) is 0 Å². The minimum absolute atomic E-state index is 0.00301. The first-order chi connectivity index (χ1) is 4.61. The van der Waals surface area contributed by atoms with Crippen LogP contribution in [-0.4, -0.2) is 34.9 Å². The highest BCUT2D eigenvalue weighted by Crippen LogP contribution is 2.00. The molecule has 1 aliphatic heterocycles. The first-order valence-electron chi connectivity index (χ1n) is 3.05. The van der Waals surface area contributed by atoms with Gasteiger partial charge in [-0.25, -0.2) is 4.79 Å². The molecule has 0 aromatic rings. The van der Waals surface area contributed by atoms with Crippen molar-refractivity contribution in [3.63, 3.8) is 0 Å². The van der Waals surface area contributed by atoms with Crippen molar-refractivity contribution in [2.24, 2.45) is 0 Å². The Hall–Kier alpha value is -0.650. The number of hydroxylamine groups is 2. The van der Waals surface area contributed by atoms with E-state index in [-0.39, 0.29) is 18.0 Å². The Morgan fingerprint density at radius 3 is 2.50 bits per heavy atom. The van der Waals surface area contributed by atoms with E-state index in [0.717, 1.165) is 0 Å². The summed E-state index contributed by atoms with van der Waals surface area (Å²) in [7, 11) is 0. The number of aliphatic hydroxyl groups excluding tert-OH is 1. The smallest absolute Gasteiger partial charge is 0.362 e. The van der Waals surface area contributed by atoms with E-state index < -0.39 is 18.1 Å². The quantitative estimate of drug-likeness (QED) is 0.360. The van der Waals surface area contributed by atoms with Crippen molar-refractivity contribution < 1.29 is 20.1 Å². The molecule has 1 fully saturated rings. The van der Waals surface area contributed by atoms with Gasteiger partial charge in [0.25, 0.3) is 0 Å². The lowest BCUT2D eigenvalue weighted by Crippen LogP contribution is -3.10. The number of hydrogen-bond donors (Lipinski definition) is 3. The molecule has 10 heavy (non-hydrogen) atoms. The summed E-state index contributed by atoms with van der Waals surface area (Å²) in [6, 6.07) is -0.963. The SMILES string of the molecule is O=C(O)[C@@H]1CC(O)C[NH+]1[O-]. The van der Waals surface area contributed by atoms with Crippen molar-refractivity contribution in [1.82, 2.24) is 0 Å². The number of carbonyl (C=O) groups is 1. The number of nitrogens with one attached hydrogen (secondary N) is 1. The fraction of sp³-hybridized carbons (Fsp3) is 0.800. The predicted molar refractivity (Wildman–Crippen MR) is 31.2 cm³/mol. The molecule has 0 bridgehead atoms. The molecule has 0 radical (unpaired) electrons. The van der Waals surface area contributed by atoms with Gasteiger partial charge in [-0.1, -0.05) is 0 Å². The number of hydrogen-bond acceptors (Lipinski definition) is 3. The number of rotatable bonds is 1. The monoisotopic (exact) mass is 147 g/mol. The number of aliphatic carboxylic acids is 1. The Labute approximate surface area is 57.5 Å². The lowest BCUT2D eigenvalue weighted by molar-refractivity contribution is -0.853. The summed E-state index contributed by atoms with van der Waals surface area (Å²) in [5.74, 6) is -1.12. The third-order valence-corrected chi connectivity index (χ3v) is 1.63. The molecule has 1 heterocycles. The molecular formula is C5H9NO4. The highest BCUT2D eigenvalue weighted by atomic mass is 16.5. The normalized spacial score (nSPS) is 40.0. The van der Waals surface area contributed by atoms with E-state index >= 15 is 0 Å². The maximum atomic E-state index is 10.7. The molecule has 0 aliphatic carbocycles. The Morgan fingerprint density at radius 2 is 2.30 bits per heavy atom. The number of quaternary nitrogens is 1. The maximum Gasteiger partial charge on any atom is 0.362 e. The van der Waals surface area contributed by atoms with Gasteiger partial charge in [-0.05, 0) is 0 Å². The van der Waals surface area contributed by atoms with E-state index in [1.165, 1.54) is 0 Å². The molecule has 5 nitrogen and oxygen atoms in total. The van der Waals surface area contributed by atoms with Crippen LogP contribution in [-0.2, 0) is 4.79 Å². The average Bonchev–Trinajstić information content (AvgIpc) is 2.10. The van der Waals surface area contributed by atoms with E-state index in [1.807, 2.05) is 0 Å². The zero-order chi connectivity index (χ0) is 7.72. The molecule has 1 saturated heterocycles. The van der Waals surface area contributed by atoms with Crippen molar-refractivity contribution in [1.29, 1.82) is 0 Å². The van der Waals surface area contributed by atoms with Crippen LogP contribution in [0.25, 0.3) is 0 Å². The van der Waals surface area contributed by atoms with Gasteiger partial charge in [-0.2, -0.15) is 0 Å². The van der Waals surface area contributed by atoms with Crippen LogP contribution in [0, 0.1) is 5.21 Å². The van der Waals surface area contributed by atoms with Gasteiger partial charge in [-0.15, -0.1) is 0 Å². The molecule has 0 amide bonds. The van der Waals surface area contributed by atoms with Gasteiger partial charge in [-0.3, -0.25) is 0 Å². The lowest BCUT2D eigenvalue weighted by atomic mass is 10.2. The minimum Gasteiger partial charge on any atom is -0.634 e. The molecule has 5 heteroatoms. The highest BCUT2D eigenvalue weighted by molar-refractivity contribution is 5.72. The van der Waals surface area contributed by atoms with E-state index in [0.29, 0.717) is 0 Å². The van der Waals surface area contributed by atoms with Gasteiger partial charge in [0, 0.05) is 6.42 Å². The van der Waals surface area contributed by atoms with Gasteiger partial charge >= 0.3 is 5.97 Å². The van der Waals surface area contributed by atoms with Crippen molar-refractivity contribution in [3.05, 3.63) is 5.21 Å². The molecule has 2 unspecified atom stereocenters. The van der Waals surface area contributed by atoms with Crippen LogP contribution in [0.15, 0.2) is 0 Å². The molecular weight excluding hydrogens is 138 g/mol. The molecule has 3 atom stereocenters. The summed E-state index contributed by atoms with van der Waals surface area (Å²) in [6.07, 6.45) is -0.664. The van der Waals surface area contributed by atoms with Gasteiger partial charge in [0.1, 0.15) is 12.6 Å². The molecule has 1 rings (SSSR count). The Balaban J connectivity index is 2.54. The molecule has 0 aromatic heterocycles. The van der Waals surface area contributed by atoms with Crippen LogP contribution >= 0.6 is 0 Å². The van der Waals surface area contributed by atoms with Crippen LogP contribution in [0.5, 0.6) is 0 Å².